The standard InChI is InChI=1S/C12H20N2S/c13-9-11(12-4-2-8-15-12)14-7-1-3-10-5-6-10/h2,4,8,10-11,14H,1,3,5-7,9,13H2. The highest BCUT2D eigenvalue weighted by molar-refractivity contribution is 7.10. The molecule has 0 saturated heterocycles. The van der Waals surface area contributed by atoms with E-state index < -0.39 is 0 Å². The van der Waals surface area contributed by atoms with E-state index in [1.165, 1.54) is 30.6 Å². The van der Waals surface area contributed by atoms with Gasteiger partial charge in [0, 0.05) is 11.4 Å². The van der Waals surface area contributed by atoms with E-state index in [1.807, 2.05) is 0 Å². The Hall–Kier alpha value is -0.380. The molecule has 0 bridgehead atoms. The van der Waals surface area contributed by atoms with E-state index >= 15 is 0 Å². The fraction of sp³-hybridized carbons (Fsp3) is 0.667. The van der Waals surface area contributed by atoms with Gasteiger partial charge in [-0.05, 0) is 36.8 Å². The van der Waals surface area contributed by atoms with Crippen LogP contribution >= 0.6 is 11.3 Å². The van der Waals surface area contributed by atoms with Crippen LogP contribution in [0.15, 0.2) is 17.5 Å². The first-order valence-corrected chi connectivity index (χ1v) is 6.75. The Morgan fingerprint density at radius 1 is 1.53 bits per heavy atom. The van der Waals surface area contributed by atoms with Crippen molar-refractivity contribution in [3.8, 4) is 0 Å². The summed E-state index contributed by atoms with van der Waals surface area (Å²) in [6.45, 7) is 1.81. The minimum atomic E-state index is 0.365. The predicted molar refractivity (Wildman–Crippen MR) is 66.1 cm³/mol. The first-order chi connectivity index (χ1) is 7.40. The number of hydrogen-bond donors (Lipinski definition) is 2. The Balaban J connectivity index is 1.66. The highest BCUT2D eigenvalue weighted by atomic mass is 32.1. The molecular weight excluding hydrogens is 204 g/mol. The average molecular weight is 224 g/mol. The summed E-state index contributed by atoms with van der Waals surface area (Å²) in [5.74, 6) is 1.05. The lowest BCUT2D eigenvalue weighted by molar-refractivity contribution is 0.517. The number of hydrogen-bond acceptors (Lipinski definition) is 3. The molecule has 1 aliphatic rings. The monoisotopic (exact) mass is 224 g/mol. The second-order valence-corrected chi connectivity index (χ2v) is 5.32. The minimum Gasteiger partial charge on any atom is -0.329 e. The van der Waals surface area contributed by atoms with Gasteiger partial charge in [0.1, 0.15) is 0 Å². The van der Waals surface area contributed by atoms with Crippen molar-refractivity contribution in [2.45, 2.75) is 31.7 Å². The van der Waals surface area contributed by atoms with Crippen LogP contribution < -0.4 is 11.1 Å². The fourth-order valence-corrected chi connectivity index (χ4v) is 2.68. The maximum Gasteiger partial charge on any atom is 0.0539 e. The summed E-state index contributed by atoms with van der Waals surface area (Å²) < 4.78 is 0. The van der Waals surface area contributed by atoms with Crippen LogP contribution in [0.25, 0.3) is 0 Å². The van der Waals surface area contributed by atoms with Crippen molar-refractivity contribution in [3.63, 3.8) is 0 Å². The largest absolute Gasteiger partial charge is 0.329 e. The number of nitrogens with two attached hydrogens (primary N) is 1. The Kier molecular flexibility index (Phi) is 4.18. The first-order valence-electron chi connectivity index (χ1n) is 5.87. The average Bonchev–Trinajstić information content (AvgIpc) is 2.92. The lowest BCUT2D eigenvalue weighted by atomic mass is 10.2. The van der Waals surface area contributed by atoms with Gasteiger partial charge in [-0.2, -0.15) is 0 Å². The van der Waals surface area contributed by atoms with Crippen LogP contribution in [0.5, 0.6) is 0 Å². The van der Waals surface area contributed by atoms with E-state index in [2.05, 4.69) is 22.8 Å². The summed E-state index contributed by atoms with van der Waals surface area (Å²) in [6.07, 6.45) is 5.62. The molecule has 2 nitrogen and oxygen atoms in total. The molecule has 0 aromatic carbocycles. The van der Waals surface area contributed by atoms with Gasteiger partial charge in [-0.1, -0.05) is 18.9 Å². The zero-order valence-electron chi connectivity index (χ0n) is 9.11. The van der Waals surface area contributed by atoms with Gasteiger partial charge in [0.05, 0.1) is 6.04 Å². The SMILES string of the molecule is NCC(NCCCC1CC1)c1cccs1. The van der Waals surface area contributed by atoms with E-state index in [0.29, 0.717) is 12.6 Å². The van der Waals surface area contributed by atoms with Gasteiger partial charge in [-0.3, -0.25) is 0 Å². The van der Waals surface area contributed by atoms with Gasteiger partial charge in [-0.25, -0.2) is 0 Å². The molecule has 84 valence electrons. The lowest BCUT2D eigenvalue weighted by Gasteiger charge is -2.14. The van der Waals surface area contributed by atoms with Gasteiger partial charge in [0.25, 0.3) is 0 Å². The number of thiophene rings is 1. The quantitative estimate of drug-likeness (QED) is 0.698. The molecular formula is C12H20N2S. The molecule has 1 saturated carbocycles. The van der Waals surface area contributed by atoms with Crippen molar-refractivity contribution >= 4 is 11.3 Å². The Labute approximate surface area is 95.9 Å². The van der Waals surface area contributed by atoms with Crippen LogP contribution in [0.2, 0.25) is 0 Å². The van der Waals surface area contributed by atoms with Gasteiger partial charge in [0.2, 0.25) is 0 Å². The van der Waals surface area contributed by atoms with Crippen molar-refractivity contribution in [1.29, 1.82) is 0 Å². The van der Waals surface area contributed by atoms with Crippen LogP contribution in [-0.4, -0.2) is 13.1 Å². The van der Waals surface area contributed by atoms with E-state index in [0.717, 1.165) is 12.5 Å². The normalized spacial score (nSPS) is 17.9. The third kappa shape index (κ3) is 3.59. The van der Waals surface area contributed by atoms with Crippen molar-refractivity contribution in [3.05, 3.63) is 22.4 Å². The summed E-state index contributed by atoms with van der Waals surface area (Å²) in [6, 6.07) is 4.62. The Morgan fingerprint density at radius 2 is 2.40 bits per heavy atom. The van der Waals surface area contributed by atoms with Gasteiger partial charge in [-0.15, -0.1) is 11.3 Å². The molecule has 0 amide bonds. The molecule has 1 aromatic rings. The smallest absolute Gasteiger partial charge is 0.0539 e. The third-order valence-electron chi connectivity index (χ3n) is 3.00. The van der Waals surface area contributed by atoms with Crippen molar-refractivity contribution in [2.75, 3.05) is 13.1 Å². The summed E-state index contributed by atoms with van der Waals surface area (Å²) in [5, 5.41) is 5.66. The number of rotatable bonds is 7. The Morgan fingerprint density at radius 3 is 3.00 bits per heavy atom. The molecule has 1 heterocycles. The second-order valence-electron chi connectivity index (χ2n) is 4.34. The second kappa shape index (κ2) is 5.64. The highest BCUT2D eigenvalue weighted by Gasteiger charge is 2.20. The molecule has 1 atom stereocenters. The van der Waals surface area contributed by atoms with Crippen LogP contribution in [0.3, 0.4) is 0 Å². The summed E-state index contributed by atoms with van der Waals surface area (Å²) in [7, 11) is 0. The maximum atomic E-state index is 5.76. The zero-order chi connectivity index (χ0) is 10.5. The van der Waals surface area contributed by atoms with E-state index in [9.17, 15) is 0 Å². The zero-order valence-corrected chi connectivity index (χ0v) is 9.93. The fourth-order valence-electron chi connectivity index (χ4n) is 1.86. The number of nitrogens with one attached hydrogen (secondary N) is 1. The van der Waals surface area contributed by atoms with Gasteiger partial charge < -0.3 is 11.1 Å². The summed E-state index contributed by atoms with van der Waals surface area (Å²) in [4.78, 5) is 1.36. The van der Waals surface area contributed by atoms with E-state index in [-0.39, 0.29) is 0 Å². The van der Waals surface area contributed by atoms with Crippen LogP contribution in [-0.2, 0) is 0 Å². The lowest BCUT2D eigenvalue weighted by Crippen LogP contribution is -2.28. The van der Waals surface area contributed by atoms with Crippen molar-refractivity contribution in [1.82, 2.24) is 5.32 Å². The van der Waals surface area contributed by atoms with Crippen LogP contribution in [0, 0.1) is 5.92 Å². The molecule has 1 aromatic heterocycles. The molecule has 1 aliphatic carbocycles. The molecule has 0 aliphatic heterocycles. The topological polar surface area (TPSA) is 38.0 Å². The molecule has 3 N–H and O–H groups in total. The molecule has 3 heteroatoms. The third-order valence-corrected chi connectivity index (χ3v) is 3.99. The Bertz CT molecular complexity index is 267. The van der Waals surface area contributed by atoms with Gasteiger partial charge in [0.15, 0.2) is 0 Å². The molecule has 2 rings (SSSR count). The van der Waals surface area contributed by atoms with Crippen molar-refractivity contribution < 1.29 is 0 Å². The van der Waals surface area contributed by atoms with Gasteiger partial charge >= 0.3 is 0 Å². The maximum absolute atomic E-state index is 5.76. The first kappa shape index (κ1) is 11.1. The summed E-state index contributed by atoms with van der Waals surface area (Å²) >= 11 is 1.79. The molecule has 1 fully saturated rings. The molecule has 1 unspecified atom stereocenters. The van der Waals surface area contributed by atoms with E-state index in [1.54, 1.807) is 11.3 Å². The van der Waals surface area contributed by atoms with E-state index in [4.69, 9.17) is 5.73 Å². The summed E-state index contributed by atoms with van der Waals surface area (Å²) in [5.41, 5.74) is 5.76. The molecule has 0 spiro atoms. The highest BCUT2D eigenvalue weighted by Crippen LogP contribution is 2.33. The molecule has 15 heavy (non-hydrogen) atoms. The van der Waals surface area contributed by atoms with Crippen LogP contribution in [0.4, 0.5) is 0 Å². The minimum absolute atomic E-state index is 0.365. The van der Waals surface area contributed by atoms with Crippen LogP contribution in [0.1, 0.15) is 36.6 Å². The molecule has 0 radical (unpaired) electrons. The predicted octanol–water partition coefficient (Wildman–Crippen LogP) is 2.53. The van der Waals surface area contributed by atoms with Crippen molar-refractivity contribution in [2.24, 2.45) is 11.7 Å².